The van der Waals surface area contributed by atoms with Gasteiger partial charge >= 0.3 is 0 Å². The van der Waals surface area contributed by atoms with E-state index < -0.39 is 5.41 Å². The maximum Gasteiger partial charge on any atom is 0.256 e. The molecule has 170 valence electrons. The summed E-state index contributed by atoms with van der Waals surface area (Å²) in [6, 6.07) is 15.7. The summed E-state index contributed by atoms with van der Waals surface area (Å²) in [5.41, 5.74) is 1.22. The number of rotatable bonds is 6. The molecule has 6 nitrogen and oxygen atoms in total. The molecule has 0 atom stereocenters. The zero-order valence-corrected chi connectivity index (χ0v) is 19.5. The zero-order valence-electron chi connectivity index (χ0n) is 18.0. The van der Waals surface area contributed by atoms with Crippen LogP contribution in [0.3, 0.4) is 0 Å². The van der Waals surface area contributed by atoms with E-state index in [0.29, 0.717) is 27.0 Å². The molecule has 33 heavy (non-hydrogen) atoms. The SMILES string of the molecule is COc1cc(NC(=O)C2(c3ccc(Cl)cc3)CCCC2)cnc1NC(=O)c1cccc(Cl)c1. The van der Waals surface area contributed by atoms with Crippen LogP contribution in [0.25, 0.3) is 0 Å². The van der Waals surface area contributed by atoms with Crippen LogP contribution in [0.1, 0.15) is 41.6 Å². The van der Waals surface area contributed by atoms with Crippen LogP contribution in [-0.2, 0) is 10.2 Å². The van der Waals surface area contributed by atoms with Crippen LogP contribution < -0.4 is 15.4 Å². The van der Waals surface area contributed by atoms with Crippen LogP contribution >= 0.6 is 23.2 Å². The first-order valence-corrected chi connectivity index (χ1v) is 11.4. The van der Waals surface area contributed by atoms with Crippen molar-refractivity contribution in [1.82, 2.24) is 4.98 Å². The number of ether oxygens (including phenoxy) is 1. The van der Waals surface area contributed by atoms with Gasteiger partial charge in [0.15, 0.2) is 11.6 Å². The van der Waals surface area contributed by atoms with Gasteiger partial charge in [0.25, 0.3) is 5.91 Å². The van der Waals surface area contributed by atoms with E-state index in [4.69, 9.17) is 27.9 Å². The number of carbonyl (C=O) groups is 2. The lowest BCUT2D eigenvalue weighted by atomic mass is 9.78. The molecule has 0 unspecified atom stereocenters. The van der Waals surface area contributed by atoms with Crippen molar-refractivity contribution in [3.8, 4) is 5.75 Å². The summed E-state index contributed by atoms with van der Waals surface area (Å²) in [5, 5.41) is 6.80. The standard InChI is InChI=1S/C25H23Cl2N3O3/c1-33-21-14-20(15-28-22(21)30-23(31)16-5-4-6-19(27)13-16)29-24(32)25(11-2-3-12-25)17-7-9-18(26)10-8-17/h4-10,13-15H,2-3,11-12H2,1H3,(H,29,32)(H,28,30,31). The van der Waals surface area contributed by atoms with E-state index in [0.717, 1.165) is 31.2 Å². The summed E-state index contributed by atoms with van der Waals surface area (Å²) >= 11 is 12.0. The van der Waals surface area contributed by atoms with Crippen molar-refractivity contribution in [2.45, 2.75) is 31.1 Å². The third-order valence-electron chi connectivity index (χ3n) is 5.94. The molecule has 0 aliphatic heterocycles. The Labute approximate surface area is 202 Å². The Kier molecular flexibility index (Phi) is 6.86. The Hall–Kier alpha value is -3.09. The molecule has 2 amide bonds. The fourth-order valence-corrected chi connectivity index (χ4v) is 4.53. The first-order chi connectivity index (χ1) is 15.9. The average Bonchev–Trinajstić information content (AvgIpc) is 3.32. The Morgan fingerprint density at radius 3 is 2.36 bits per heavy atom. The minimum absolute atomic E-state index is 0.0955. The average molecular weight is 484 g/mol. The second-order valence-corrected chi connectivity index (χ2v) is 8.86. The fraction of sp³-hybridized carbons (Fsp3) is 0.240. The second-order valence-electron chi connectivity index (χ2n) is 7.99. The molecule has 2 N–H and O–H groups in total. The number of aromatic nitrogens is 1. The second kappa shape index (κ2) is 9.81. The van der Waals surface area contributed by atoms with Gasteiger partial charge in [-0.05, 0) is 48.7 Å². The van der Waals surface area contributed by atoms with Crippen LogP contribution in [0.2, 0.25) is 10.0 Å². The number of nitrogens with one attached hydrogen (secondary N) is 2. The summed E-state index contributed by atoms with van der Waals surface area (Å²) in [4.78, 5) is 30.3. The molecule has 0 spiro atoms. The van der Waals surface area contributed by atoms with Crippen LogP contribution in [0.4, 0.5) is 11.5 Å². The van der Waals surface area contributed by atoms with E-state index in [2.05, 4.69) is 15.6 Å². The van der Waals surface area contributed by atoms with Crippen LogP contribution in [0.15, 0.2) is 60.8 Å². The highest BCUT2D eigenvalue weighted by Gasteiger charge is 2.42. The van der Waals surface area contributed by atoms with Gasteiger partial charge in [-0.25, -0.2) is 4.98 Å². The van der Waals surface area contributed by atoms with Crippen LogP contribution in [-0.4, -0.2) is 23.9 Å². The van der Waals surface area contributed by atoms with Gasteiger partial charge < -0.3 is 15.4 Å². The molecule has 0 radical (unpaired) electrons. The number of methoxy groups -OCH3 is 1. The molecule has 0 bridgehead atoms. The Morgan fingerprint density at radius 1 is 0.970 bits per heavy atom. The largest absolute Gasteiger partial charge is 0.493 e. The molecule has 1 aromatic heterocycles. The lowest BCUT2D eigenvalue weighted by molar-refractivity contribution is -0.121. The molecule has 1 saturated carbocycles. The van der Waals surface area contributed by atoms with Crippen molar-refractivity contribution in [2.24, 2.45) is 0 Å². The van der Waals surface area contributed by atoms with Crippen molar-refractivity contribution in [1.29, 1.82) is 0 Å². The van der Waals surface area contributed by atoms with E-state index >= 15 is 0 Å². The van der Waals surface area contributed by atoms with Gasteiger partial charge in [0, 0.05) is 21.7 Å². The lowest BCUT2D eigenvalue weighted by Crippen LogP contribution is -2.38. The zero-order chi connectivity index (χ0) is 23.4. The number of halogens is 2. The van der Waals surface area contributed by atoms with Crippen molar-refractivity contribution >= 4 is 46.5 Å². The monoisotopic (exact) mass is 483 g/mol. The van der Waals surface area contributed by atoms with E-state index in [1.54, 1.807) is 30.3 Å². The van der Waals surface area contributed by atoms with E-state index in [-0.39, 0.29) is 17.6 Å². The van der Waals surface area contributed by atoms with Crippen LogP contribution in [0.5, 0.6) is 5.75 Å². The van der Waals surface area contributed by atoms with Gasteiger partial charge in [0.2, 0.25) is 5.91 Å². The van der Waals surface area contributed by atoms with Gasteiger partial charge in [-0.15, -0.1) is 0 Å². The maximum atomic E-state index is 13.4. The molecule has 1 aliphatic carbocycles. The van der Waals surface area contributed by atoms with Gasteiger partial charge in [-0.1, -0.05) is 54.2 Å². The summed E-state index contributed by atoms with van der Waals surface area (Å²) in [7, 11) is 1.48. The molecule has 1 heterocycles. The van der Waals surface area contributed by atoms with Crippen molar-refractivity contribution in [3.05, 3.63) is 82.0 Å². The summed E-state index contributed by atoms with van der Waals surface area (Å²) < 4.78 is 5.41. The fourth-order valence-electron chi connectivity index (χ4n) is 4.22. The smallest absolute Gasteiger partial charge is 0.256 e. The first kappa shape index (κ1) is 23.1. The molecule has 1 aliphatic rings. The minimum Gasteiger partial charge on any atom is -0.493 e. The quantitative estimate of drug-likeness (QED) is 0.443. The molecule has 8 heteroatoms. The number of nitrogens with zero attached hydrogens (tertiary/aromatic N) is 1. The highest BCUT2D eigenvalue weighted by atomic mass is 35.5. The van der Waals surface area contributed by atoms with Crippen LogP contribution in [0, 0.1) is 0 Å². The number of pyridine rings is 1. The number of hydrogen-bond acceptors (Lipinski definition) is 4. The normalized spacial score (nSPS) is 14.5. The van der Waals surface area contributed by atoms with E-state index in [1.807, 2.05) is 24.3 Å². The number of carbonyl (C=O) groups excluding carboxylic acids is 2. The maximum absolute atomic E-state index is 13.4. The predicted molar refractivity (Wildman–Crippen MR) is 130 cm³/mol. The molecule has 1 fully saturated rings. The molecule has 4 rings (SSSR count). The Bertz CT molecular complexity index is 1180. The molecular weight excluding hydrogens is 461 g/mol. The number of amides is 2. The summed E-state index contributed by atoms with van der Waals surface area (Å²) in [5.74, 6) is 0.110. The van der Waals surface area contributed by atoms with Crippen molar-refractivity contribution in [3.63, 3.8) is 0 Å². The molecular formula is C25H23Cl2N3O3. The highest BCUT2D eigenvalue weighted by molar-refractivity contribution is 6.31. The number of benzene rings is 2. The topological polar surface area (TPSA) is 80.3 Å². The minimum atomic E-state index is -0.614. The number of anilines is 2. The molecule has 3 aromatic rings. The van der Waals surface area contributed by atoms with Crippen molar-refractivity contribution < 1.29 is 14.3 Å². The number of hydrogen-bond donors (Lipinski definition) is 2. The first-order valence-electron chi connectivity index (χ1n) is 10.6. The van der Waals surface area contributed by atoms with Gasteiger partial charge in [-0.3, -0.25) is 9.59 Å². The Morgan fingerprint density at radius 2 is 1.70 bits per heavy atom. The summed E-state index contributed by atoms with van der Waals surface area (Å²) in [6.45, 7) is 0. The highest BCUT2D eigenvalue weighted by Crippen LogP contribution is 2.42. The van der Waals surface area contributed by atoms with E-state index in [1.165, 1.54) is 13.3 Å². The summed E-state index contributed by atoms with van der Waals surface area (Å²) in [6.07, 6.45) is 4.98. The Balaban J connectivity index is 1.54. The molecule has 2 aromatic carbocycles. The molecule has 0 saturated heterocycles. The third kappa shape index (κ3) is 4.97. The van der Waals surface area contributed by atoms with Gasteiger partial charge in [0.1, 0.15) is 0 Å². The lowest BCUT2D eigenvalue weighted by Gasteiger charge is -2.28. The van der Waals surface area contributed by atoms with Gasteiger partial charge in [0.05, 0.1) is 24.4 Å². The van der Waals surface area contributed by atoms with E-state index in [9.17, 15) is 9.59 Å². The van der Waals surface area contributed by atoms with Crippen molar-refractivity contribution in [2.75, 3.05) is 17.7 Å². The van der Waals surface area contributed by atoms with Gasteiger partial charge in [-0.2, -0.15) is 0 Å². The third-order valence-corrected chi connectivity index (χ3v) is 6.42. The predicted octanol–water partition coefficient (Wildman–Crippen LogP) is 6.10.